The van der Waals surface area contributed by atoms with Crippen molar-refractivity contribution in [1.82, 2.24) is 9.62 Å². The molecule has 1 fully saturated rings. The molecule has 0 radical (unpaired) electrons. The van der Waals surface area contributed by atoms with E-state index in [1.165, 1.54) is 11.2 Å². The first-order valence-electron chi connectivity index (χ1n) is 7.20. The number of hydrogen-bond donors (Lipinski definition) is 2. The van der Waals surface area contributed by atoms with Crippen LogP contribution in [0.5, 0.6) is 0 Å². The maximum absolute atomic E-state index is 12.2. The van der Waals surface area contributed by atoms with Gasteiger partial charge in [-0.05, 0) is 33.6 Å². The van der Waals surface area contributed by atoms with Gasteiger partial charge in [0.25, 0.3) is 0 Å². The highest BCUT2D eigenvalue weighted by atomic mass is 32.2. The van der Waals surface area contributed by atoms with Crippen molar-refractivity contribution in [3.63, 3.8) is 0 Å². The number of carboxylic acid groups (broad SMARTS) is 1. The Hall–Kier alpha value is -1.15. The molecule has 0 bridgehead atoms. The van der Waals surface area contributed by atoms with Crippen molar-refractivity contribution in [1.29, 1.82) is 0 Å². The SMILES string of the molecule is CCS(=O)(=O)N1CCCC(C(=O)NC(C)C(C)C(=O)O)C1. The van der Waals surface area contributed by atoms with Crippen LogP contribution in [0, 0.1) is 11.8 Å². The van der Waals surface area contributed by atoms with Gasteiger partial charge in [0.2, 0.25) is 15.9 Å². The third-order valence-electron chi connectivity index (χ3n) is 4.02. The summed E-state index contributed by atoms with van der Waals surface area (Å²) in [4.78, 5) is 23.1. The monoisotopic (exact) mass is 320 g/mol. The van der Waals surface area contributed by atoms with Crippen molar-refractivity contribution in [3.8, 4) is 0 Å². The van der Waals surface area contributed by atoms with E-state index in [1.807, 2.05) is 0 Å². The summed E-state index contributed by atoms with van der Waals surface area (Å²) in [6.45, 7) is 5.37. The molecule has 0 aromatic carbocycles. The maximum atomic E-state index is 12.2. The quantitative estimate of drug-likeness (QED) is 0.731. The van der Waals surface area contributed by atoms with Crippen LogP contribution in [0.15, 0.2) is 0 Å². The summed E-state index contributed by atoms with van der Waals surface area (Å²) < 4.78 is 25.1. The molecule has 8 heteroatoms. The molecule has 1 aliphatic heterocycles. The van der Waals surface area contributed by atoms with E-state index in [0.717, 1.165) is 0 Å². The molecule has 1 heterocycles. The summed E-state index contributed by atoms with van der Waals surface area (Å²) in [5, 5.41) is 11.6. The van der Waals surface area contributed by atoms with Crippen LogP contribution >= 0.6 is 0 Å². The minimum absolute atomic E-state index is 0.0216. The van der Waals surface area contributed by atoms with Crippen LogP contribution in [-0.2, 0) is 19.6 Å². The molecule has 7 nitrogen and oxygen atoms in total. The minimum Gasteiger partial charge on any atom is -0.481 e. The van der Waals surface area contributed by atoms with Crippen molar-refractivity contribution in [2.75, 3.05) is 18.8 Å². The average Bonchev–Trinajstić information content (AvgIpc) is 2.46. The van der Waals surface area contributed by atoms with Crippen molar-refractivity contribution in [2.24, 2.45) is 11.8 Å². The number of carbonyl (C=O) groups is 2. The molecular formula is C13H24N2O5S. The molecule has 3 atom stereocenters. The third kappa shape index (κ3) is 4.67. The molecule has 1 saturated heterocycles. The lowest BCUT2D eigenvalue weighted by Gasteiger charge is -2.32. The lowest BCUT2D eigenvalue weighted by Crippen LogP contribution is -2.49. The van der Waals surface area contributed by atoms with E-state index in [1.54, 1.807) is 13.8 Å². The van der Waals surface area contributed by atoms with Gasteiger partial charge < -0.3 is 10.4 Å². The number of rotatable bonds is 6. The van der Waals surface area contributed by atoms with Crippen LogP contribution in [0.1, 0.15) is 33.6 Å². The molecule has 0 aliphatic carbocycles. The molecule has 0 aromatic heterocycles. The molecule has 3 unspecified atom stereocenters. The van der Waals surface area contributed by atoms with Crippen LogP contribution in [-0.4, -0.2) is 54.6 Å². The average molecular weight is 320 g/mol. The lowest BCUT2D eigenvalue weighted by molar-refractivity contribution is -0.142. The van der Waals surface area contributed by atoms with E-state index in [0.29, 0.717) is 19.4 Å². The zero-order chi connectivity index (χ0) is 16.2. The zero-order valence-corrected chi connectivity index (χ0v) is 13.5. The molecule has 1 rings (SSSR count). The van der Waals surface area contributed by atoms with E-state index in [9.17, 15) is 18.0 Å². The first kappa shape index (κ1) is 17.9. The minimum atomic E-state index is -3.29. The largest absolute Gasteiger partial charge is 0.481 e. The number of hydrogen-bond acceptors (Lipinski definition) is 4. The molecule has 2 N–H and O–H groups in total. The maximum Gasteiger partial charge on any atom is 0.308 e. The molecule has 1 aliphatic rings. The molecule has 1 amide bonds. The molecule has 21 heavy (non-hydrogen) atoms. The molecular weight excluding hydrogens is 296 g/mol. The van der Waals surface area contributed by atoms with Gasteiger partial charge in [-0.25, -0.2) is 12.7 Å². The Morgan fingerprint density at radius 3 is 2.52 bits per heavy atom. The van der Waals surface area contributed by atoms with E-state index < -0.39 is 33.9 Å². The number of nitrogens with zero attached hydrogens (tertiary/aromatic N) is 1. The number of amides is 1. The number of nitrogens with one attached hydrogen (secondary N) is 1. The standard InChI is InChI=1S/C13H24N2O5S/c1-4-21(19,20)15-7-5-6-11(8-15)12(16)14-10(3)9(2)13(17)18/h9-11H,4-8H2,1-3H3,(H,14,16)(H,17,18). The summed E-state index contributed by atoms with van der Waals surface area (Å²) in [7, 11) is -3.29. The summed E-state index contributed by atoms with van der Waals surface area (Å²) in [6, 6.07) is -0.492. The van der Waals surface area contributed by atoms with Gasteiger partial charge in [0.1, 0.15) is 0 Å². The van der Waals surface area contributed by atoms with Crippen LogP contribution in [0.25, 0.3) is 0 Å². The van der Waals surface area contributed by atoms with Gasteiger partial charge in [-0.3, -0.25) is 9.59 Å². The first-order chi connectivity index (χ1) is 9.69. The van der Waals surface area contributed by atoms with E-state index in [4.69, 9.17) is 5.11 Å². The smallest absolute Gasteiger partial charge is 0.308 e. The van der Waals surface area contributed by atoms with E-state index >= 15 is 0 Å². The predicted octanol–water partition coefficient (Wildman–Crippen LogP) is 0.274. The molecule has 122 valence electrons. The Morgan fingerprint density at radius 2 is 2.00 bits per heavy atom. The molecule has 0 spiro atoms. The van der Waals surface area contributed by atoms with E-state index in [2.05, 4.69) is 5.32 Å². The second-order valence-corrected chi connectivity index (χ2v) is 7.78. The number of sulfonamides is 1. The summed E-state index contributed by atoms with van der Waals surface area (Å²) >= 11 is 0. The third-order valence-corrected chi connectivity index (χ3v) is 5.87. The van der Waals surface area contributed by atoms with Gasteiger partial charge in [0, 0.05) is 19.1 Å². The summed E-state index contributed by atoms with van der Waals surface area (Å²) in [6.07, 6.45) is 1.26. The highest BCUT2D eigenvalue weighted by molar-refractivity contribution is 7.89. The fourth-order valence-corrected chi connectivity index (χ4v) is 3.45. The fourth-order valence-electron chi connectivity index (χ4n) is 2.27. The fraction of sp³-hybridized carbons (Fsp3) is 0.846. The molecule has 0 aromatic rings. The van der Waals surface area contributed by atoms with E-state index in [-0.39, 0.29) is 18.2 Å². The lowest BCUT2D eigenvalue weighted by atomic mass is 9.97. The van der Waals surface area contributed by atoms with Crippen molar-refractivity contribution >= 4 is 21.9 Å². The van der Waals surface area contributed by atoms with Crippen LogP contribution in [0.2, 0.25) is 0 Å². The molecule has 0 saturated carbocycles. The van der Waals surface area contributed by atoms with Crippen molar-refractivity contribution in [2.45, 2.75) is 39.7 Å². The number of piperidine rings is 1. The highest BCUT2D eigenvalue weighted by Crippen LogP contribution is 2.20. The van der Waals surface area contributed by atoms with Gasteiger partial charge in [-0.1, -0.05) is 0 Å². The summed E-state index contributed by atoms with van der Waals surface area (Å²) in [5.74, 6) is -2.32. The van der Waals surface area contributed by atoms with Crippen LogP contribution < -0.4 is 5.32 Å². The Balaban J connectivity index is 2.65. The van der Waals surface area contributed by atoms with Crippen molar-refractivity contribution in [3.05, 3.63) is 0 Å². The highest BCUT2D eigenvalue weighted by Gasteiger charge is 2.32. The van der Waals surface area contributed by atoms with Crippen LogP contribution in [0.3, 0.4) is 0 Å². The van der Waals surface area contributed by atoms with Gasteiger partial charge in [0.05, 0.1) is 17.6 Å². The van der Waals surface area contributed by atoms with Gasteiger partial charge >= 0.3 is 5.97 Å². The summed E-state index contributed by atoms with van der Waals surface area (Å²) in [5.41, 5.74) is 0. The van der Waals surface area contributed by atoms with Crippen molar-refractivity contribution < 1.29 is 23.1 Å². The number of carboxylic acids is 1. The zero-order valence-electron chi connectivity index (χ0n) is 12.7. The normalized spacial score (nSPS) is 23.3. The topological polar surface area (TPSA) is 104 Å². The van der Waals surface area contributed by atoms with Crippen LogP contribution in [0.4, 0.5) is 0 Å². The Kier molecular flexibility index (Phi) is 6.15. The first-order valence-corrected chi connectivity index (χ1v) is 8.81. The Labute approximate surface area is 125 Å². The predicted molar refractivity (Wildman–Crippen MR) is 78.2 cm³/mol. The number of aliphatic carboxylic acids is 1. The van der Waals surface area contributed by atoms with Gasteiger partial charge in [-0.15, -0.1) is 0 Å². The Morgan fingerprint density at radius 1 is 1.38 bits per heavy atom. The second-order valence-electron chi connectivity index (χ2n) is 5.52. The number of carbonyl (C=O) groups excluding carboxylic acids is 1. The van der Waals surface area contributed by atoms with Gasteiger partial charge in [-0.2, -0.15) is 0 Å². The second kappa shape index (κ2) is 7.22. The Bertz CT molecular complexity index is 491. The van der Waals surface area contributed by atoms with Gasteiger partial charge in [0.15, 0.2) is 0 Å².